The summed E-state index contributed by atoms with van der Waals surface area (Å²) in [5, 5.41) is 2.90. The molecule has 0 radical (unpaired) electrons. The fourth-order valence-electron chi connectivity index (χ4n) is 1.78. The van der Waals surface area contributed by atoms with Crippen molar-refractivity contribution in [3.8, 4) is 0 Å². The number of hydrogen-bond acceptors (Lipinski definition) is 3. The van der Waals surface area contributed by atoms with E-state index in [1.54, 1.807) is 30.6 Å². The molecule has 1 aromatic carbocycles. The summed E-state index contributed by atoms with van der Waals surface area (Å²) in [5.74, 6) is -0.133. The fourth-order valence-corrected chi connectivity index (χ4v) is 1.78. The number of rotatable bonds is 4. The second-order valence-electron chi connectivity index (χ2n) is 4.51. The van der Waals surface area contributed by atoms with Crippen LogP contribution in [-0.4, -0.2) is 10.9 Å². The lowest BCUT2D eigenvalue weighted by molar-refractivity contribution is -0.117. The van der Waals surface area contributed by atoms with Crippen molar-refractivity contribution in [2.24, 2.45) is 0 Å². The van der Waals surface area contributed by atoms with Gasteiger partial charge in [-0.3, -0.25) is 9.78 Å². The standard InChI is InChI=1S/C16H17N3O/c1-12(14-8-10-18-11-9-14)19-16(20)7-4-13-2-5-15(17)6-3-13/h2-12H,17H2,1H3,(H,19,20)/b7-4+/t12-/m0/s1. The molecule has 1 atom stereocenters. The van der Waals surface area contributed by atoms with Crippen molar-refractivity contribution < 1.29 is 4.79 Å². The number of nitrogens with one attached hydrogen (secondary N) is 1. The van der Waals surface area contributed by atoms with Gasteiger partial charge in [0.2, 0.25) is 5.91 Å². The average molecular weight is 267 g/mol. The summed E-state index contributed by atoms with van der Waals surface area (Å²) >= 11 is 0. The first-order valence-electron chi connectivity index (χ1n) is 6.39. The lowest BCUT2D eigenvalue weighted by atomic mass is 10.1. The summed E-state index contributed by atoms with van der Waals surface area (Å²) in [5.41, 5.74) is 8.27. The molecule has 102 valence electrons. The quantitative estimate of drug-likeness (QED) is 0.660. The highest BCUT2D eigenvalue weighted by Gasteiger charge is 2.06. The Kier molecular flexibility index (Phi) is 4.50. The number of nitrogens with two attached hydrogens (primary N) is 1. The molecule has 1 amide bonds. The van der Waals surface area contributed by atoms with Gasteiger partial charge in [-0.25, -0.2) is 0 Å². The maximum atomic E-state index is 11.8. The second-order valence-corrected chi connectivity index (χ2v) is 4.51. The van der Waals surface area contributed by atoms with Crippen LogP contribution in [0.15, 0.2) is 54.9 Å². The van der Waals surface area contributed by atoms with Crippen molar-refractivity contribution in [2.75, 3.05) is 5.73 Å². The smallest absolute Gasteiger partial charge is 0.244 e. The maximum Gasteiger partial charge on any atom is 0.244 e. The molecular formula is C16H17N3O. The molecule has 0 bridgehead atoms. The number of benzene rings is 1. The van der Waals surface area contributed by atoms with E-state index in [2.05, 4.69) is 10.3 Å². The van der Waals surface area contributed by atoms with E-state index in [9.17, 15) is 4.79 Å². The molecule has 0 aliphatic heterocycles. The monoisotopic (exact) mass is 267 g/mol. The van der Waals surface area contributed by atoms with Gasteiger partial charge in [0.15, 0.2) is 0 Å². The minimum atomic E-state index is -0.133. The summed E-state index contributed by atoms with van der Waals surface area (Å²) < 4.78 is 0. The summed E-state index contributed by atoms with van der Waals surface area (Å²) in [6.07, 6.45) is 6.70. The van der Waals surface area contributed by atoms with E-state index in [4.69, 9.17) is 5.73 Å². The number of anilines is 1. The maximum absolute atomic E-state index is 11.8. The molecule has 2 rings (SSSR count). The van der Waals surface area contributed by atoms with Gasteiger partial charge in [-0.1, -0.05) is 12.1 Å². The van der Waals surface area contributed by atoms with Crippen LogP contribution in [0, 0.1) is 0 Å². The van der Waals surface area contributed by atoms with Crippen LogP contribution in [0.3, 0.4) is 0 Å². The van der Waals surface area contributed by atoms with E-state index >= 15 is 0 Å². The van der Waals surface area contributed by atoms with Gasteiger partial charge in [0.25, 0.3) is 0 Å². The Labute approximate surface area is 118 Å². The summed E-state index contributed by atoms with van der Waals surface area (Å²) in [4.78, 5) is 15.8. The largest absolute Gasteiger partial charge is 0.399 e. The lowest BCUT2D eigenvalue weighted by Crippen LogP contribution is -2.24. The first-order chi connectivity index (χ1) is 9.65. The van der Waals surface area contributed by atoms with Crippen LogP contribution in [0.25, 0.3) is 6.08 Å². The lowest BCUT2D eigenvalue weighted by Gasteiger charge is -2.12. The molecule has 1 heterocycles. The van der Waals surface area contributed by atoms with Crippen LogP contribution in [0.2, 0.25) is 0 Å². The van der Waals surface area contributed by atoms with Crippen molar-refractivity contribution in [1.29, 1.82) is 0 Å². The van der Waals surface area contributed by atoms with Gasteiger partial charge >= 0.3 is 0 Å². The van der Waals surface area contributed by atoms with Gasteiger partial charge in [0.05, 0.1) is 6.04 Å². The minimum Gasteiger partial charge on any atom is -0.399 e. The van der Waals surface area contributed by atoms with Gasteiger partial charge in [0, 0.05) is 24.2 Å². The highest BCUT2D eigenvalue weighted by molar-refractivity contribution is 5.92. The molecule has 0 aliphatic rings. The van der Waals surface area contributed by atoms with E-state index in [-0.39, 0.29) is 11.9 Å². The molecule has 0 saturated heterocycles. The number of carbonyl (C=O) groups is 1. The zero-order chi connectivity index (χ0) is 14.4. The Bertz CT molecular complexity index is 591. The molecule has 0 unspecified atom stereocenters. The zero-order valence-electron chi connectivity index (χ0n) is 11.3. The summed E-state index contributed by atoms with van der Waals surface area (Å²) in [7, 11) is 0. The molecule has 0 aliphatic carbocycles. The van der Waals surface area contributed by atoms with E-state index in [0.29, 0.717) is 5.69 Å². The number of nitrogens with zero attached hydrogens (tertiary/aromatic N) is 1. The SMILES string of the molecule is C[C@H](NC(=O)/C=C/c1ccc(N)cc1)c1ccncc1. The van der Waals surface area contributed by atoms with Crippen LogP contribution in [0.5, 0.6) is 0 Å². The van der Waals surface area contributed by atoms with E-state index in [0.717, 1.165) is 11.1 Å². The average Bonchev–Trinajstić information content (AvgIpc) is 2.47. The zero-order valence-corrected chi connectivity index (χ0v) is 11.3. The molecule has 1 aromatic heterocycles. The van der Waals surface area contributed by atoms with Crippen molar-refractivity contribution >= 4 is 17.7 Å². The van der Waals surface area contributed by atoms with E-state index in [1.807, 2.05) is 31.2 Å². The first-order valence-corrected chi connectivity index (χ1v) is 6.39. The number of aromatic nitrogens is 1. The van der Waals surface area contributed by atoms with Crippen molar-refractivity contribution in [3.05, 3.63) is 66.0 Å². The Morgan fingerprint density at radius 2 is 1.85 bits per heavy atom. The van der Waals surface area contributed by atoms with Gasteiger partial charge in [0.1, 0.15) is 0 Å². The fraction of sp³-hybridized carbons (Fsp3) is 0.125. The number of carbonyl (C=O) groups excluding carboxylic acids is 1. The molecule has 4 heteroatoms. The third-order valence-electron chi connectivity index (χ3n) is 2.93. The molecule has 0 saturated carbocycles. The number of nitrogen functional groups attached to an aromatic ring is 1. The third-order valence-corrected chi connectivity index (χ3v) is 2.93. The third kappa shape index (κ3) is 3.95. The van der Waals surface area contributed by atoms with Gasteiger partial charge in [-0.05, 0) is 48.4 Å². The Hall–Kier alpha value is -2.62. The van der Waals surface area contributed by atoms with E-state index in [1.165, 1.54) is 6.08 Å². The summed E-state index contributed by atoms with van der Waals surface area (Å²) in [6.45, 7) is 1.93. The van der Waals surface area contributed by atoms with Crippen molar-refractivity contribution in [1.82, 2.24) is 10.3 Å². The predicted octanol–water partition coefficient (Wildman–Crippen LogP) is 2.55. The van der Waals surface area contributed by atoms with Crippen molar-refractivity contribution in [2.45, 2.75) is 13.0 Å². The number of hydrogen-bond donors (Lipinski definition) is 2. The molecular weight excluding hydrogens is 250 g/mol. The molecule has 0 fully saturated rings. The van der Waals surface area contributed by atoms with Crippen LogP contribution >= 0.6 is 0 Å². The van der Waals surface area contributed by atoms with Gasteiger partial charge in [-0.2, -0.15) is 0 Å². The van der Waals surface area contributed by atoms with Crippen LogP contribution in [-0.2, 0) is 4.79 Å². The molecule has 20 heavy (non-hydrogen) atoms. The van der Waals surface area contributed by atoms with Crippen LogP contribution in [0.4, 0.5) is 5.69 Å². The number of amides is 1. The van der Waals surface area contributed by atoms with Crippen LogP contribution in [0.1, 0.15) is 24.1 Å². The molecule has 4 nitrogen and oxygen atoms in total. The Morgan fingerprint density at radius 3 is 2.50 bits per heavy atom. The summed E-state index contributed by atoms with van der Waals surface area (Å²) in [6, 6.07) is 11.1. The van der Waals surface area contributed by atoms with Gasteiger partial charge in [-0.15, -0.1) is 0 Å². The van der Waals surface area contributed by atoms with Crippen molar-refractivity contribution in [3.63, 3.8) is 0 Å². The minimum absolute atomic E-state index is 0.0541. The number of pyridine rings is 1. The first kappa shape index (κ1) is 13.8. The highest BCUT2D eigenvalue weighted by Crippen LogP contribution is 2.10. The topological polar surface area (TPSA) is 68.0 Å². The van der Waals surface area contributed by atoms with E-state index < -0.39 is 0 Å². The normalized spacial score (nSPS) is 12.2. The molecule has 3 N–H and O–H groups in total. The molecule has 0 spiro atoms. The highest BCUT2D eigenvalue weighted by atomic mass is 16.1. The predicted molar refractivity (Wildman–Crippen MR) is 80.7 cm³/mol. The van der Waals surface area contributed by atoms with Gasteiger partial charge < -0.3 is 11.1 Å². The Morgan fingerprint density at radius 1 is 1.20 bits per heavy atom. The second kappa shape index (κ2) is 6.52. The Balaban J connectivity index is 1.94. The van der Waals surface area contributed by atoms with Crippen LogP contribution < -0.4 is 11.1 Å². The molecule has 2 aromatic rings.